The maximum Gasteiger partial charge on any atom is 0.255 e. The average Bonchev–Trinajstić information content (AvgIpc) is 3.42. The lowest BCUT2D eigenvalue weighted by Crippen LogP contribution is -2.24. The molecule has 4 rings (SSSR count). The molecule has 2 heterocycles. The van der Waals surface area contributed by atoms with Crippen molar-refractivity contribution >= 4 is 17.5 Å². The van der Waals surface area contributed by atoms with Gasteiger partial charge in [-0.1, -0.05) is 24.3 Å². The third kappa shape index (κ3) is 4.95. The highest BCUT2D eigenvalue weighted by Gasteiger charge is 2.14. The number of aryl methyl sites for hydroxylation is 2. The number of anilines is 1. The first-order chi connectivity index (χ1) is 15.5. The van der Waals surface area contributed by atoms with Gasteiger partial charge in [0.05, 0.1) is 36.3 Å². The molecular weight excluding hydrogens is 404 g/mol. The smallest absolute Gasteiger partial charge is 0.255 e. The van der Waals surface area contributed by atoms with E-state index in [1.54, 1.807) is 54.8 Å². The van der Waals surface area contributed by atoms with Gasteiger partial charge in [-0.25, -0.2) is 0 Å². The van der Waals surface area contributed by atoms with Crippen molar-refractivity contribution < 1.29 is 14.0 Å². The highest BCUT2D eigenvalue weighted by molar-refractivity contribution is 6.09. The Kier molecular flexibility index (Phi) is 6.17. The number of amides is 2. The summed E-state index contributed by atoms with van der Waals surface area (Å²) in [5.74, 6) is 0.0758. The number of rotatable bonds is 7. The van der Waals surface area contributed by atoms with E-state index in [1.165, 1.54) is 0 Å². The third-order valence-corrected chi connectivity index (χ3v) is 5.07. The molecule has 0 fully saturated rings. The van der Waals surface area contributed by atoms with Crippen molar-refractivity contribution in [3.63, 3.8) is 0 Å². The lowest BCUT2D eigenvalue weighted by Gasteiger charge is -2.11. The van der Waals surface area contributed by atoms with E-state index in [0.29, 0.717) is 29.1 Å². The summed E-state index contributed by atoms with van der Waals surface area (Å²) in [7, 11) is 0. The summed E-state index contributed by atoms with van der Waals surface area (Å²) in [6.07, 6.45) is 1.55. The number of hydrogen-bond acceptors (Lipinski definition) is 4. The van der Waals surface area contributed by atoms with Gasteiger partial charge in [0.2, 0.25) is 0 Å². The molecule has 0 saturated heterocycles. The van der Waals surface area contributed by atoms with Crippen molar-refractivity contribution in [1.29, 1.82) is 0 Å². The lowest BCUT2D eigenvalue weighted by atomic mass is 10.1. The highest BCUT2D eigenvalue weighted by Crippen LogP contribution is 2.17. The summed E-state index contributed by atoms with van der Waals surface area (Å²) >= 11 is 0. The van der Waals surface area contributed by atoms with Gasteiger partial charge < -0.3 is 15.1 Å². The minimum atomic E-state index is -0.294. The van der Waals surface area contributed by atoms with Gasteiger partial charge in [-0.05, 0) is 61.9 Å². The lowest BCUT2D eigenvalue weighted by molar-refractivity contribution is 0.0949. The molecule has 32 heavy (non-hydrogen) atoms. The molecule has 0 aliphatic rings. The molecular formula is C25H24N4O3. The van der Waals surface area contributed by atoms with Gasteiger partial charge in [-0.15, -0.1) is 0 Å². The van der Waals surface area contributed by atoms with Crippen LogP contribution in [0.15, 0.2) is 77.4 Å². The van der Waals surface area contributed by atoms with E-state index in [9.17, 15) is 9.59 Å². The summed E-state index contributed by atoms with van der Waals surface area (Å²) in [5, 5.41) is 10.1. The summed E-state index contributed by atoms with van der Waals surface area (Å²) in [6.45, 7) is 4.89. The van der Waals surface area contributed by atoms with Crippen molar-refractivity contribution in [3.8, 4) is 0 Å². The molecule has 0 spiro atoms. The van der Waals surface area contributed by atoms with Crippen LogP contribution >= 0.6 is 0 Å². The van der Waals surface area contributed by atoms with E-state index in [4.69, 9.17) is 4.42 Å². The van der Waals surface area contributed by atoms with Gasteiger partial charge in [0.15, 0.2) is 0 Å². The second-order valence-electron chi connectivity index (χ2n) is 7.54. The zero-order valence-electron chi connectivity index (χ0n) is 18.0. The maximum atomic E-state index is 12.8. The number of carbonyl (C=O) groups excluding carboxylic acids is 2. The normalized spacial score (nSPS) is 10.7. The Morgan fingerprint density at radius 2 is 1.75 bits per heavy atom. The van der Waals surface area contributed by atoms with Crippen LogP contribution in [0, 0.1) is 13.8 Å². The number of carbonyl (C=O) groups is 2. The molecule has 2 aromatic heterocycles. The van der Waals surface area contributed by atoms with Gasteiger partial charge in [-0.3, -0.25) is 14.3 Å². The average molecular weight is 428 g/mol. The topological polar surface area (TPSA) is 89.2 Å². The molecule has 2 N–H and O–H groups in total. The monoisotopic (exact) mass is 428 g/mol. The Hall–Kier alpha value is -4.13. The van der Waals surface area contributed by atoms with Crippen LogP contribution in [0.4, 0.5) is 5.69 Å². The van der Waals surface area contributed by atoms with E-state index in [1.807, 2.05) is 36.7 Å². The van der Waals surface area contributed by atoms with Crippen LogP contribution in [0.3, 0.4) is 0 Å². The number of nitrogens with one attached hydrogen (secondary N) is 2. The van der Waals surface area contributed by atoms with Crippen LogP contribution in [-0.4, -0.2) is 21.6 Å². The number of benzene rings is 2. The summed E-state index contributed by atoms with van der Waals surface area (Å²) in [6, 6.07) is 19.9. The van der Waals surface area contributed by atoms with E-state index in [2.05, 4.69) is 15.7 Å². The van der Waals surface area contributed by atoms with Gasteiger partial charge in [0.1, 0.15) is 5.76 Å². The van der Waals surface area contributed by atoms with Crippen LogP contribution in [0.2, 0.25) is 0 Å². The largest absolute Gasteiger partial charge is 0.467 e. The molecule has 0 bridgehead atoms. The fourth-order valence-electron chi connectivity index (χ4n) is 3.43. The summed E-state index contributed by atoms with van der Waals surface area (Å²) in [4.78, 5) is 25.4. The molecule has 0 unspecified atom stereocenters. The Morgan fingerprint density at radius 1 is 0.969 bits per heavy atom. The second-order valence-corrected chi connectivity index (χ2v) is 7.54. The van der Waals surface area contributed by atoms with Gasteiger partial charge in [0, 0.05) is 11.3 Å². The molecule has 4 aromatic rings. The number of hydrogen-bond donors (Lipinski definition) is 2. The standard InChI is InChI=1S/C25H24N4O3/c1-17-14-18(2)29(28-17)16-19-9-11-20(12-10-19)24(30)27-23-8-4-3-7-22(23)25(31)26-15-21-6-5-13-32-21/h3-14H,15-16H2,1-2H3,(H,26,31)(H,27,30). The molecule has 7 nitrogen and oxygen atoms in total. The first-order valence-corrected chi connectivity index (χ1v) is 10.3. The second kappa shape index (κ2) is 9.34. The number of aromatic nitrogens is 2. The van der Waals surface area contributed by atoms with Crippen LogP contribution < -0.4 is 10.6 Å². The maximum absolute atomic E-state index is 12.8. The molecule has 0 saturated carbocycles. The molecule has 0 aliphatic heterocycles. The predicted molar refractivity (Wildman–Crippen MR) is 122 cm³/mol. The van der Waals surface area contributed by atoms with E-state index in [0.717, 1.165) is 17.0 Å². The SMILES string of the molecule is Cc1cc(C)n(Cc2ccc(C(=O)Nc3ccccc3C(=O)NCc3ccco3)cc2)n1. The van der Waals surface area contributed by atoms with E-state index in [-0.39, 0.29) is 18.4 Å². The Morgan fingerprint density at radius 3 is 2.44 bits per heavy atom. The van der Waals surface area contributed by atoms with Crippen LogP contribution in [0.25, 0.3) is 0 Å². The molecule has 2 amide bonds. The van der Waals surface area contributed by atoms with Gasteiger partial charge in [-0.2, -0.15) is 5.10 Å². The molecule has 0 atom stereocenters. The highest BCUT2D eigenvalue weighted by atomic mass is 16.3. The van der Waals surface area contributed by atoms with Crippen molar-refractivity contribution in [3.05, 3.63) is 107 Å². The Bertz CT molecular complexity index is 1220. The van der Waals surface area contributed by atoms with E-state index >= 15 is 0 Å². The van der Waals surface area contributed by atoms with Crippen LogP contribution in [0.1, 0.15) is 43.4 Å². The first kappa shape index (κ1) is 21.1. The van der Waals surface area contributed by atoms with Crippen molar-refractivity contribution in [2.75, 3.05) is 5.32 Å². The number of para-hydroxylation sites is 1. The number of nitrogens with zero attached hydrogens (tertiary/aromatic N) is 2. The van der Waals surface area contributed by atoms with Crippen LogP contribution in [0.5, 0.6) is 0 Å². The predicted octanol–water partition coefficient (Wildman–Crippen LogP) is 4.32. The first-order valence-electron chi connectivity index (χ1n) is 10.3. The minimum absolute atomic E-state index is 0.269. The van der Waals surface area contributed by atoms with Gasteiger partial charge >= 0.3 is 0 Å². The summed E-state index contributed by atoms with van der Waals surface area (Å²) in [5.41, 5.74) is 4.45. The molecule has 2 aromatic carbocycles. The zero-order chi connectivity index (χ0) is 22.5. The van der Waals surface area contributed by atoms with Crippen LogP contribution in [-0.2, 0) is 13.1 Å². The molecule has 162 valence electrons. The summed E-state index contributed by atoms with van der Waals surface area (Å²) < 4.78 is 7.17. The van der Waals surface area contributed by atoms with Gasteiger partial charge in [0.25, 0.3) is 11.8 Å². The quantitative estimate of drug-likeness (QED) is 0.459. The minimum Gasteiger partial charge on any atom is -0.467 e. The van der Waals surface area contributed by atoms with Crippen molar-refractivity contribution in [1.82, 2.24) is 15.1 Å². The van der Waals surface area contributed by atoms with E-state index < -0.39 is 0 Å². The fraction of sp³-hybridized carbons (Fsp3) is 0.160. The molecule has 0 aliphatic carbocycles. The third-order valence-electron chi connectivity index (χ3n) is 5.07. The van der Waals surface area contributed by atoms with Crippen molar-refractivity contribution in [2.24, 2.45) is 0 Å². The molecule has 0 radical (unpaired) electrons. The number of furan rings is 1. The van der Waals surface area contributed by atoms with Crippen molar-refractivity contribution in [2.45, 2.75) is 26.9 Å². The Balaban J connectivity index is 1.42. The zero-order valence-corrected chi connectivity index (χ0v) is 18.0. The molecule has 7 heteroatoms. The Labute approximate surface area is 186 Å². The fourth-order valence-corrected chi connectivity index (χ4v) is 3.43.